The number of thioether (sulfide) groups is 1. The standard InChI is InChI=1S/C16H18N2OS/c1-12-7-9-13(10-8-12)18-16(19)11-17-14-5-3-4-6-15(14)20-2/h3-10,17H,11H2,1-2H3,(H,18,19). The number of hydrogen-bond donors (Lipinski definition) is 2. The lowest BCUT2D eigenvalue weighted by atomic mass is 10.2. The molecule has 2 N–H and O–H groups in total. The highest BCUT2D eigenvalue weighted by Gasteiger charge is 2.04. The zero-order valence-electron chi connectivity index (χ0n) is 11.6. The smallest absolute Gasteiger partial charge is 0.243 e. The van der Waals surface area contributed by atoms with Crippen LogP contribution in [-0.2, 0) is 4.79 Å². The number of hydrogen-bond acceptors (Lipinski definition) is 3. The van der Waals surface area contributed by atoms with Crippen LogP contribution in [0.4, 0.5) is 11.4 Å². The largest absolute Gasteiger partial charge is 0.375 e. The van der Waals surface area contributed by atoms with Crippen LogP contribution < -0.4 is 10.6 Å². The van der Waals surface area contributed by atoms with Gasteiger partial charge in [-0.1, -0.05) is 29.8 Å². The van der Waals surface area contributed by atoms with Gasteiger partial charge in [0, 0.05) is 16.3 Å². The van der Waals surface area contributed by atoms with E-state index in [-0.39, 0.29) is 12.5 Å². The Morgan fingerprint density at radius 2 is 1.80 bits per heavy atom. The van der Waals surface area contributed by atoms with Crippen molar-refractivity contribution in [2.45, 2.75) is 11.8 Å². The monoisotopic (exact) mass is 286 g/mol. The van der Waals surface area contributed by atoms with Crippen molar-refractivity contribution >= 4 is 29.0 Å². The fourth-order valence-corrected chi connectivity index (χ4v) is 2.38. The lowest BCUT2D eigenvalue weighted by Crippen LogP contribution is -2.21. The van der Waals surface area contributed by atoms with E-state index in [0.717, 1.165) is 16.3 Å². The van der Waals surface area contributed by atoms with Crippen molar-refractivity contribution in [3.05, 3.63) is 54.1 Å². The van der Waals surface area contributed by atoms with E-state index in [9.17, 15) is 4.79 Å². The Morgan fingerprint density at radius 1 is 1.10 bits per heavy atom. The summed E-state index contributed by atoms with van der Waals surface area (Å²) in [4.78, 5) is 13.0. The maximum atomic E-state index is 11.9. The maximum absolute atomic E-state index is 11.9. The molecule has 0 spiro atoms. The van der Waals surface area contributed by atoms with Crippen LogP contribution in [-0.4, -0.2) is 18.7 Å². The molecule has 0 atom stereocenters. The average molecular weight is 286 g/mol. The third kappa shape index (κ3) is 4.03. The first-order valence-electron chi connectivity index (χ1n) is 6.42. The van der Waals surface area contributed by atoms with Crippen LogP contribution in [0.1, 0.15) is 5.56 Å². The number of carbonyl (C=O) groups is 1. The van der Waals surface area contributed by atoms with Crippen LogP contribution in [0.15, 0.2) is 53.4 Å². The molecular formula is C16H18N2OS. The summed E-state index contributed by atoms with van der Waals surface area (Å²) >= 11 is 1.66. The Morgan fingerprint density at radius 3 is 2.50 bits per heavy atom. The van der Waals surface area contributed by atoms with Gasteiger partial charge in [-0.3, -0.25) is 4.79 Å². The van der Waals surface area contributed by atoms with Gasteiger partial charge in [0.25, 0.3) is 0 Å². The summed E-state index contributed by atoms with van der Waals surface area (Å²) < 4.78 is 0. The highest BCUT2D eigenvalue weighted by atomic mass is 32.2. The van der Waals surface area contributed by atoms with Gasteiger partial charge in [-0.05, 0) is 37.4 Å². The minimum absolute atomic E-state index is 0.0511. The van der Waals surface area contributed by atoms with Crippen LogP contribution in [0, 0.1) is 6.92 Å². The number of rotatable bonds is 5. The SMILES string of the molecule is CSc1ccccc1NCC(=O)Nc1ccc(C)cc1. The Kier molecular flexibility index (Phi) is 5.07. The third-order valence-electron chi connectivity index (χ3n) is 2.88. The maximum Gasteiger partial charge on any atom is 0.243 e. The van der Waals surface area contributed by atoms with Crippen molar-refractivity contribution in [1.82, 2.24) is 0 Å². The first-order chi connectivity index (χ1) is 9.69. The highest BCUT2D eigenvalue weighted by Crippen LogP contribution is 2.24. The Bertz CT molecular complexity index is 581. The first-order valence-corrected chi connectivity index (χ1v) is 7.65. The Balaban J connectivity index is 1.90. The molecule has 0 saturated carbocycles. The molecule has 2 aromatic rings. The molecule has 2 rings (SSSR count). The van der Waals surface area contributed by atoms with E-state index in [0.29, 0.717) is 0 Å². The normalized spacial score (nSPS) is 10.1. The molecule has 20 heavy (non-hydrogen) atoms. The highest BCUT2D eigenvalue weighted by molar-refractivity contribution is 7.98. The van der Waals surface area contributed by atoms with Crippen molar-refractivity contribution in [2.75, 3.05) is 23.4 Å². The van der Waals surface area contributed by atoms with E-state index >= 15 is 0 Å². The molecule has 0 saturated heterocycles. The summed E-state index contributed by atoms with van der Waals surface area (Å²) in [7, 11) is 0. The quantitative estimate of drug-likeness (QED) is 0.822. The first kappa shape index (κ1) is 14.5. The zero-order valence-corrected chi connectivity index (χ0v) is 12.5. The third-order valence-corrected chi connectivity index (χ3v) is 3.68. The molecule has 3 nitrogen and oxygen atoms in total. The van der Waals surface area contributed by atoms with E-state index in [1.165, 1.54) is 5.56 Å². The number of benzene rings is 2. The number of aryl methyl sites for hydroxylation is 1. The second-order valence-electron chi connectivity index (χ2n) is 4.47. The predicted molar refractivity (Wildman–Crippen MR) is 86.5 cm³/mol. The van der Waals surface area contributed by atoms with Gasteiger partial charge in [-0.15, -0.1) is 11.8 Å². The van der Waals surface area contributed by atoms with E-state index in [1.807, 2.05) is 61.7 Å². The van der Waals surface area contributed by atoms with Crippen LogP contribution in [0.3, 0.4) is 0 Å². The zero-order chi connectivity index (χ0) is 14.4. The van der Waals surface area contributed by atoms with Crippen molar-refractivity contribution in [3.8, 4) is 0 Å². The van der Waals surface area contributed by atoms with E-state index < -0.39 is 0 Å². The summed E-state index contributed by atoms with van der Waals surface area (Å²) in [6.07, 6.45) is 2.02. The summed E-state index contributed by atoms with van der Waals surface area (Å²) in [5.74, 6) is -0.0511. The lowest BCUT2D eigenvalue weighted by Gasteiger charge is -2.10. The Labute approximate surface area is 123 Å². The van der Waals surface area contributed by atoms with Crippen LogP contribution >= 0.6 is 11.8 Å². The van der Waals surface area contributed by atoms with Crippen LogP contribution in [0.5, 0.6) is 0 Å². The molecule has 1 amide bonds. The molecule has 104 valence electrons. The molecule has 0 aromatic heterocycles. The van der Waals surface area contributed by atoms with Crippen molar-refractivity contribution in [3.63, 3.8) is 0 Å². The summed E-state index contributed by atoms with van der Waals surface area (Å²) in [6.45, 7) is 2.28. The fraction of sp³-hybridized carbons (Fsp3) is 0.188. The number of carbonyl (C=O) groups excluding carboxylic acids is 1. The van der Waals surface area contributed by atoms with Gasteiger partial charge in [0.15, 0.2) is 0 Å². The number of amides is 1. The topological polar surface area (TPSA) is 41.1 Å². The second-order valence-corrected chi connectivity index (χ2v) is 5.32. The molecular weight excluding hydrogens is 268 g/mol. The van der Waals surface area contributed by atoms with Gasteiger partial charge in [-0.2, -0.15) is 0 Å². The van der Waals surface area contributed by atoms with Gasteiger partial charge in [0.1, 0.15) is 0 Å². The van der Waals surface area contributed by atoms with Crippen molar-refractivity contribution < 1.29 is 4.79 Å². The van der Waals surface area contributed by atoms with Gasteiger partial charge in [0.2, 0.25) is 5.91 Å². The summed E-state index contributed by atoms with van der Waals surface area (Å²) in [6, 6.07) is 15.7. The summed E-state index contributed by atoms with van der Waals surface area (Å²) in [5.41, 5.74) is 2.98. The molecule has 4 heteroatoms. The van der Waals surface area contributed by atoms with Gasteiger partial charge in [-0.25, -0.2) is 0 Å². The second kappa shape index (κ2) is 7.01. The van der Waals surface area contributed by atoms with Crippen LogP contribution in [0.25, 0.3) is 0 Å². The van der Waals surface area contributed by atoms with Crippen molar-refractivity contribution in [2.24, 2.45) is 0 Å². The van der Waals surface area contributed by atoms with Crippen molar-refractivity contribution in [1.29, 1.82) is 0 Å². The van der Waals surface area contributed by atoms with E-state index in [4.69, 9.17) is 0 Å². The molecule has 0 fully saturated rings. The summed E-state index contributed by atoms with van der Waals surface area (Å²) in [5, 5.41) is 6.03. The number of anilines is 2. The molecule has 0 aliphatic rings. The number of para-hydroxylation sites is 1. The van der Waals surface area contributed by atoms with Crippen LogP contribution in [0.2, 0.25) is 0 Å². The van der Waals surface area contributed by atoms with E-state index in [2.05, 4.69) is 10.6 Å². The van der Waals surface area contributed by atoms with Gasteiger partial charge < -0.3 is 10.6 Å². The molecule has 0 heterocycles. The van der Waals surface area contributed by atoms with Gasteiger partial charge >= 0.3 is 0 Å². The van der Waals surface area contributed by atoms with Gasteiger partial charge in [0.05, 0.1) is 6.54 Å². The lowest BCUT2D eigenvalue weighted by molar-refractivity contribution is -0.114. The van der Waals surface area contributed by atoms with E-state index in [1.54, 1.807) is 11.8 Å². The minimum Gasteiger partial charge on any atom is -0.375 e. The molecule has 0 unspecified atom stereocenters. The fourth-order valence-electron chi connectivity index (χ4n) is 1.81. The molecule has 0 aliphatic heterocycles. The average Bonchev–Trinajstić information content (AvgIpc) is 2.48. The predicted octanol–water partition coefficient (Wildman–Crippen LogP) is 3.77. The molecule has 2 aromatic carbocycles. The number of nitrogens with one attached hydrogen (secondary N) is 2. The molecule has 0 aliphatic carbocycles. The molecule has 0 bridgehead atoms. The Hall–Kier alpha value is -1.94. The molecule has 0 radical (unpaired) electrons. The minimum atomic E-state index is -0.0511.